The number of carbonyl (C=O) groups excluding carboxylic acids is 1. The summed E-state index contributed by atoms with van der Waals surface area (Å²) in [5.41, 5.74) is 0. The van der Waals surface area contributed by atoms with Crippen LogP contribution in [0.3, 0.4) is 0 Å². The first-order valence-electron chi connectivity index (χ1n) is 6.52. The van der Waals surface area contributed by atoms with Crippen LogP contribution in [0.15, 0.2) is 0 Å². The van der Waals surface area contributed by atoms with Gasteiger partial charge in [0.2, 0.25) is 0 Å². The maximum absolute atomic E-state index is 11.2. The Balaban J connectivity index is 1.97. The number of aliphatic carboxylic acids is 1. The number of amides is 2. The Morgan fingerprint density at radius 3 is 2.50 bits per heavy atom. The van der Waals surface area contributed by atoms with Gasteiger partial charge in [-0.15, -0.1) is 0 Å². The average molecular weight is 258 g/mol. The average Bonchev–Trinajstić information content (AvgIpc) is 2.84. The van der Waals surface area contributed by atoms with Gasteiger partial charge in [-0.25, -0.2) is 9.59 Å². The zero-order valence-electron chi connectivity index (χ0n) is 10.5. The van der Waals surface area contributed by atoms with Gasteiger partial charge in [0.1, 0.15) is 0 Å². The van der Waals surface area contributed by atoms with Crippen molar-refractivity contribution in [2.24, 2.45) is 5.92 Å². The van der Waals surface area contributed by atoms with Crippen LogP contribution >= 0.6 is 0 Å². The van der Waals surface area contributed by atoms with Crippen LogP contribution in [-0.2, 0) is 4.79 Å². The van der Waals surface area contributed by atoms with Crippen LogP contribution in [-0.4, -0.2) is 41.4 Å². The molecule has 1 fully saturated rings. The second kappa shape index (κ2) is 7.92. The summed E-state index contributed by atoms with van der Waals surface area (Å²) in [7, 11) is 0. The van der Waals surface area contributed by atoms with Crippen LogP contribution in [0.4, 0.5) is 4.79 Å². The van der Waals surface area contributed by atoms with E-state index in [9.17, 15) is 9.59 Å². The monoisotopic (exact) mass is 258 g/mol. The molecule has 0 saturated heterocycles. The SMILES string of the molecule is O=C(NCCCC1CCCC1)NC[C@H](O)C(=O)O. The molecule has 1 saturated carbocycles. The maximum atomic E-state index is 11.2. The molecule has 18 heavy (non-hydrogen) atoms. The van der Waals surface area contributed by atoms with E-state index in [-0.39, 0.29) is 6.54 Å². The predicted molar refractivity (Wildman–Crippen MR) is 66.2 cm³/mol. The van der Waals surface area contributed by atoms with Crippen molar-refractivity contribution in [3.63, 3.8) is 0 Å². The molecule has 0 spiro atoms. The molecule has 1 atom stereocenters. The smallest absolute Gasteiger partial charge is 0.334 e. The number of nitrogens with one attached hydrogen (secondary N) is 2. The summed E-state index contributed by atoms with van der Waals surface area (Å²) in [5, 5.41) is 22.3. The Morgan fingerprint density at radius 2 is 1.89 bits per heavy atom. The topological polar surface area (TPSA) is 98.7 Å². The van der Waals surface area contributed by atoms with Gasteiger partial charge >= 0.3 is 12.0 Å². The van der Waals surface area contributed by atoms with Crippen LogP contribution in [0.25, 0.3) is 0 Å². The fraction of sp³-hybridized carbons (Fsp3) is 0.833. The Bertz CT molecular complexity index is 277. The van der Waals surface area contributed by atoms with Crippen molar-refractivity contribution in [3.8, 4) is 0 Å². The predicted octanol–water partition coefficient (Wildman–Crippen LogP) is 0.701. The zero-order valence-corrected chi connectivity index (χ0v) is 10.5. The lowest BCUT2D eigenvalue weighted by molar-refractivity contribution is -0.146. The largest absolute Gasteiger partial charge is 0.479 e. The van der Waals surface area contributed by atoms with E-state index in [1.54, 1.807) is 0 Å². The summed E-state index contributed by atoms with van der Waals surface area (Å²) in [4.78, 5) is 21.5. The molecule has 1 rings (SSSR count). The Hall–Kier alpha value is -1.30. The quantitative estimate of drug-likeness (QED) is 0.505. The van der Waals surface area contributed by atoms with Crippen LogP contribution < -0.4 is 10.6 Å². The molecule has 0 aromatic heterocycles. The van der Waals surface area contributed by atoms with Crippen molar-refractivity contribution in [1.82, 2.24) is 10.6 Å². The van der Waals surface area contributed by atoms with Gasteiger partial charge in [-0.1, -0.05) is 25.7 Å². The Morgan fingerprint density at radius 1 is 1.22 bits per heavy atom. The normalized spacial score (nSPS) is 17.4. The van der Waals surface area contributed by atoms with E-state index in [0.717, 1.165) is 18.8 Å². The second-order valence-corrected chi connectivity index (χ2v) is 4.78. The molecule has 0 aromatic rings. The van der Waals surface area contributed by atoms with Gasteiger partial charge in [0.15, 0.2) is 6.10 Å². The molecule has 0 aromatic carbocycles. The molecule has 6 nitrogen and oxygen atoms in total. The summed E-state index contributed by atoms with van der Waals surface area (Å²) >= 11 is 0. The number of urea groups is 1. The minimum atomic E-state index is -1.55. The van der Waals surface area contributed by atoms with E-state index in [0.29, 0.717) is 6.54 Å². The first kappa shape index (κ1) is 14.8. The van der Waals surface area contributed by atoms with Gasteiger partial charge in [0, 0.05) is 6.54 Å². The van der Waals surface area contributed by atoms with Gasteiger partial charge in [0.05, 0.1) is 6.54 Å². The Labute approximate surface area is 107 Å². The number of aliphatic hydroxyl groups excluding tert-OH is 1. The molecule has 0 bridgehead atoms. The van der Waals surface area contributed by atoms with Crippen molar-refractivity contribution in [2.75, 3.05) is 13.1 Å². The minimum Gasteiger partial charge on any atom is -0.479 e. The third kappa shape index (κ3) is 5.86. The zero-order chi connectivity index (χ0) is 13.4. The molecule has 0 radical (unpaired) electrons. The lowest BCUT2D eigenvalue weighted by Crippen LogP contribution is -2.42. The highest BCUT2D eigenvalue weighted by Crippen LogP contribution is 2.28. The number of hydrogen-bond acceptors (Lipinski definition) is 3. The first-order valence-corrected chi connectivity index (χ1v) is 6.52. The Kier molecular flexibility index (Phi) is 6.49. The lowest BCUT2D eigenvalue weighted by Gasteiger charge is -2.11. The fourth-order valence-corrected chi connectivity index (χ4v) is 2.23. The van der Waals surface area contributed by atoms with Crippen LogP contribution in [0.2, 0.25) is 0 Å². The van der Waals surface area contributed by atoms with E-state index in [1.807, 2.05) is 0 Å². The molecule has 1 aliphatic rings. The van der Waals surface area contributed by atoms with Gasteiger partial charge < -0.3 is 20.8 Å². The van der Waals surface area contributed by atoms with Gasteiger partial charge in [-0.2, -0.15) is 0 Å². The summed E-state index contributed by atoms with van der Waals surface area (Å²) < 4.78 is 0. The van der Waals surface area contributed by atoms with Crippen molar-refractivity contribution in [1.29, 1.82) is 0 Å². The number of carbonyl (C=O) groups is 2. The molecular formula is C12H22N2O4. The van der Waals surface area contributed by atoms with Crippen LogP contribution in [0.1, 0.15) is 38.5 Å². The van der Waals surface area contributed by atoms with Gasteiger partial charge in [0.25, 0.3) is 0 Å². The lowest BCUT2D eigenvalue weighted by atomic mass is 10.0. The molecular weight excluding hydrogens is 236 g/mol. The fourth-order valence-electron chi connectivity index (χ4n) is 2.23. The van der Waals surface area contributed by atoms with E-state index in [2.05, 4.69) is 10.6 Å². The molecule has 104 valence electrons. The maximum Gasteiger partial charge on any atom is 0.334 e. The highest BCUT2D eigenvalue weighted by Gasteiger charge is 2.15. The van der Waals surface area contributed by atoms with Crippen LogP contribution in [0, 0.1) is 5.92 Å². The number of carboxylic acids is 1. The van der Waals surface area contributed by atoms with Crippen molar-refractivity contribution in [3.05, 3.63) is 0 Å². The van der Waals surface area contributed by atoms with E-state index >= 15 is 0 Å². The number of rotatable bonds is 7. The van der Waals surface area contributed by atoms with Crippen LogP contribution in [0.5, 0.6) is 0 Å². The third-order valence-corrected chi connectivity index (χ3v) is 3.29. The molecule has 1 aliphatic carbocycles. The number of aliphatic hydroxyl groups is 1. The third-order valence-electron chi connectivity index (χ3n) is 3.29. The first-order chi connectivity index (χ1) is 8.59. The second-order valence-electron chi connectivity index (χ2n) is 4.78. The summed E-state index contributed by atoms with van der Waals surface area (Å²) in [6, 6.07) is -0.429. The molecule has 2 amide bonds. The summed E-state index contributed by atoms with van der Waals surface area (Å²) in [5.74, 6) is -0.528. The van der Waals surface area contributed by atoms with Gasteiger partial charge in [-0.3, -0.25) is 0 Å². The molecule has 0 unspecified atom stereocenters. The highest BCUT2D eigenvalue weighted by atomic mass is 16.4. The standard InChI is InChI=1S/C12H22N2O4/c15-10(11(16)17)8-14-12(18)13-7-3-6-9-4-1-2-5-9/h9-10,15H,1-8H2,(H,16,17)(H2,13,14,18)/t10-/m0/s1. The minimum absolute atomic E-state index is 0.274. The summed E-state index contributed by atoms with van der Waals surface area (Å²) in [6.07, 6.45) is 5.79. The molecule has 0 aliphatic heterocycles. The van der Waals surface area contributed by atoms with E-state index in [1.165, 1.54) is 25.7 Å². The van der Waals surface area contributed by atoms with Gasteiger partial charge in [-0.05, 0) is 18.8 Å². The summed E-state index contributed by atoms with van der Waals surface area (Å²) in [6.45, 7) is 0.315. The van der Waals surface area contributed by atoms with E-state index in [4.69, 9.17) is 10.2 Å². The van der Waals surface area contributed by atoms with E-state index < -0.39 is 18.1 Å². The highest BCUT2D eigenvalue weighted by molar-refractivity contribution is 5.76. The van der Waals surface area contributed by atoms with Crippen molar-refractivity contribution in [2.45, 2.75) is 44.6 Å². The molecule has 4 N–H and O–H groups in total. The van der Waals surface area contributed by atoms with Crippen molar-refractivity contribution < 1.29 is 19.8 Å². The number of hydrogen-bond donors (Lipinski definition) is 4. The molecule has 0 heterocycles. The molecule has 6 heteroatoms. The van der Waals surface area contributed by atoms with Crippen molar-refractivity contribution >= 4 is 12.0 Å². The number of carboxylic acid groups (broad SMARTS) is 1.